The molecule has 0 spiro atoms. The fourth-order valence-electron chi connectivity index (χ4n) is 9.76. The predicted molar refractivity (Wildman–Crippen MR) is 232 cm³/mol. The Hall–Kier alpha value is -6.14. The van der Waals surface area contributed by atoms with Gasteiger partial charge in [-0.15, -0.1) is 0 Å². The van der Waals surface area contributed by atoms with E-state index in [-0.39, 0.29) is 0 Å². The minimum absolute atomic E-state index is 0.309. The second-order valence-corrected chi connectivity index (χ2v) is 16.2. The first-order valence-corrected chi connectivity index (χ1v) is 20.8. The molecule has 0 bridgehead atoms. The number of alkyl halides is 6. The molecule has 9 rings (SSSR count). The molecule has 6 nitrogen and oxygen atoms in total. The summed E-state index contributed by atoms with van der Waals surface area (Å²) in [6.07, 6.45) is -9.50. The monoisotopic (exact) mass is 865 g/mol. The van der Waals surface area contributed by atoms with Gasteiger partial charge in [-0.1, -0.05) is 72.8 Å². The van der Waals surface area contributed by atoms with Gasteiger partial charge in [0.25, 0.3) is 0 Å². The molecule has 0 radical (unpaired) electrons. The maximum absolute atomic E-state index is 14.7. The van der Waals surface area contributed by atoms with E-state index in [1.54, 1.807) is 27.4 Å². The van der Waals surface area contributed by atoms with Crippen molar-refractivity contribution in [1.82, 2.24) is 0 Å². The van der Waals surface area contributed by atoms with E-state index >= 15 is 0 Å². The van der Waals surface area contributed by atoms with Gasteiger partial charge in [-0.25, -0.2) is 0 Å². The third-order valence-corrected chi connectivity index (χ3v) is 12.8. The minimum Gasteiger partial charge on any atom is -0.497 e. The molecule has 1 fully saturated rings. The quantitative estimate of drug-likeness (QED) is 0.121. The summed E-state index contributed by atoms with van der Waals surface area (Å²) in [6.45, 7) is 2.02. The average molecular weight is 866 g/mol. The largest absolute Gasteiger partial charge is 0.497 e. The molecular formula is C51H45F6NO5. The summed E-state index contributed by atoms with van der Waals surface area (Å²) in [6, 6.07) is 33.5. The summed E-state index contributed by atoms with van der Waals surface area (Å²) in [7, 11) is 4.71. The number of methoxy groups -OCH3 is 3. The number of halogens is 6. The third kappa shape index (κ3) is 7.62. The van der Waals surface area contributed by atoms with Crippen LogP contribution in [0, 0.1) is 0 Å². The molecule has 6 aromatic rings. The summed E-state index contributed by atoms with van der Waals surface area (Å²) in [5.41, 5.74) is 2.91. The van der Waals surface area contributed by atoms with E-state index in [9.17, 15) is 26.3 Å². The summed E-state index contributed by atoms with van der Waals surface area (Å²) in [5.74, 6) is 2.06. The molecule has 2 heterocycles. The lowest BCUT2D eigenvalue weighted by Gasteiger charge is -2.40. The van der Waals surface area contributed by atoms with Crippen LogP contribution >= 0.6 is 0 Å². The average Bonchev–Trinajstić information content (AvgIpc) is 3.59. The summed E-state index contributed by atoms with van der Waals surface area (Å²) in [5, 5.41) is 1.21. The van der Waals surface area contributed by atoms with E-state index in [4.69, 9.17) is 23.7 Å². The molecule has 0 unspecified atom stereocenters. The fourth-order valence-corrected chi connectivity index (χ4v) is 9.76. The molecule has 0 saturated carbocycles. The molecule has 63 heavy (non-hydrogen) atoms. The Labute approximate surface area is 361 Å². The van der Waals surface area contributed by atoms with Crippen molar-refractivity contribution >= 4 is 22.5 Å². The van der Waals surface area contributed by atoms with E-state index in [0.717, 1.165) is 11.3 Å². The molecule has 12 heteroatoms. The molecule has 0 atom stereocenters. The number of hydrogen-bond donors (Lipinski definition) is 0. The zero-order chi connectivity index (χ0) is 44.1. The van der Waals surface area contributed by atoms with Gasteiger partial charge in [0.05, 0.1) is 40.2 Å². The van der Waals surface area contributed by atoms with Gasteiger partial charge in [0.1, 0.15) is 23.0 Å². The van der Waals surface area contributed by atoms with Gasteiger partial charge in [0.2, 0.25) is 0 Å². The Kier molecular flexibility index (Phi) is 10.8. The van der Waals surface area contributed by atoms with Crippen molar-refractivity contribution < 1.29 is 50.0 Å². The van der Waals surface area contributed by atoms with E-state index < -0.39 is 49.1 Å². The molecular weight excluding hydrogens is 821 g/mol. The van der Waals surface area contributed by atoms with Crippen LogP contribution in [0.5, 0.6) is 23.0 Å². The van der Waals surface area contributed by atoms with E-state index in [2.05, 4.69) is 4.90 Å². The Balaban J connectivity index is 1.40. The molecule has 1 aliphatic carbocycles. The topological polar surface area (TPSA) is 49.4 Å². The van der Waals surface area contributed by atoms with Crippen molar-refractivity contribution in [3.05, 3.63) is 143 Å². The van der Waals surface area contributed by atoms with Gasteiger partial charge in [-0.05, 0) is 100 Å². The van der Waals surface area contributed by atoms with Crippen LogP contribution < -0.4 is 23.8 Å². The van der Waals surface area contributed by atoms with Crippen LogP contribution in [-0.4, -0.2) is 60.0 Å². The van der Waals surface area contributed by atoms with Crippen molar-refractivity contribution in [3.63, 3.8) is 0 Å². The van der Waals surface area contributed by atoms with E-state index in [1.807, 2.05) is 115 Å². The van der Waals surface area contributed by atoms with Crippen LogP contribution in [0.4, 0.5) is 32.0 Å². The number of morpholine rings is 1. The van der Waals surface area contributed by atoms with Crippen LogP contribution in [0.15, 0.2) is 115 Å². The molecule has 0 aromatic heterocycles. The Morgan fingerprint density at radius 2 is 1.25 bits per heavy atom. The summed E-state index contributed by atoms with van der Waals surface area (Å²) >= 11 is 0. The van der Waals surface area contributed by atoms with Gasteiger partial charge in [0.15, 0.2) is 5.60 Å². The molecule has 0 N–H and O–H groups in total. The molecule has 6 aromatic carbocycles. The lowest BCUT2D eigenvalue weighted by atomic mass is 9.68. The number of anilines is 1. The number of rotatable bonds is 11. The fraction of sp³-hybridized carbons (Fsp3) is 0.294. The second kappa shape index (κ2) is 16.2. The maximum atomic E-state index is 14.7. The van der Waals surface area contributed by atoms with Crippen LogP contribution in [0.3, 0.4) is 0 Å². The van der Waals surface area contributed by atoms with Gasteiger partial charge < -0.3 is 28.6 Å². The Morgan fingerprint density at radius 1 is 0.651 bits per heavy atom. The van der Waals surface area contributed by atoms with Crippen LogP contribution in [0.25, 0.3) is 39.1 Å². The summed E-state index contributed by atoms with van der Waals surface area (Å²) in [4.78, 5) is 2.13. The van der Waals surface area contributed by atoms with Gasteiger partial charge >= 0.3 is 12.4 Å². The van der Waals surface area contributed by atoms with Gasteiger partial charge in [-0.3, -0.25) is 0 Å². The number of benzene rings is 6. The lowest BCUT2D eigenvalue weighted by Crippen LogP contribution is -2.36. The molecule has 1 saturated heterocycles. The molecule has 3 aliphatic rings. The lowest BCUT2D eigenvalue weighted by molar-refractivity contribution is -0.143. The first-order valence-electron chi connectivity index (χ1n) is 20.8. The molecule has 2 aliphatic heterocycles. The van der Waals surface area contributed by atoms with Crippen LogP contribution in [0.2, 0.25) is 0 Å². The van der Waals surface area contributed by atoms with Crippen LogP contribution in [0.1, 0.15) is 53.5 Å². The smallest absolute Gasteiger partial charge is 0.389 e. The zero-order valence-electron chi connectivity index (χ0n) is 35.0. The van der Waals surface area contributed by atoms with Crippen molar-refractivity contribution in [2.75, 3.05) is 52.5 Å². The predicted octanol–water partition coefficient (Wildman–Crippen LogP) is 12.7. The normalized spacial score (nSPS) is 16.2. The molecule has 326 valence electrons. The van der Waals surface area contributed by atoms with Gasteiger partial charge in [0, 0.05) is 53.4 Å². The van der Waals surface area contributed by atoms with Crippen LogP contribution in [-0.2, 0) is 15.8 Å². The Bertz CT molecular complexity index is 2600. The first-order chi connectivity index (χ1) is 30.3. The van der Waals surface area contributed by atoms with Crippen molar-refractivity contribution in [3.8, 4) is 45.3 Å². The number of nitrogens with zero attached hydrogens (tertiary/aromatic N) is 1. The highest BCUT2D eigenvalue weighted by Crippen LogP contribution is 2.63. The third-order valence-electron chi connectivity index (χ3n) is 12.8. The maximum Gasteiger partial charge on any atom is 0.389 e. The minimum atomic E-state index is -4.66. The zero-order valence-corrected chi connectivity index (χ0v) is 35.0. The van der Waals surface area contributed by atoms with Gasteiger partial charge in [-0.2, -0.15) is 26.3 Å². The number of ether oxygens (including phenoxy) is 5. The highest BCUT2D eigenvalue weighted by molar-refractivity contribution is 6.10. The highest BCUT2D eigenvalue weighted by Gasteiger charge is 2.51. The number of hydrogen-bond acceptors (Lipinski definition) is 6. The molecule has 0 amide bonds. The van der Waals surface area contributed by atoms with E-state index in [0.29, 0.717) is 105 Å². The van der Waals surface area contributed by atoms with E-state index in [1.165, 1.54) is 0 Å². The standard InChI is InChI=1S/C51H45F6NO5/c1-59-36-14-10-34(11-15-36)49(35-12-16-37(60-2)17-13-35)20-19-39-46-45(40-30-43(58-25-27-62-28-26-58)44(61-3)31-41(40)47(39)63-49)38-18-9-33(32-7-5-4-6-8-32)29-42(38)48(46,21-23-50(52,53)54)22-24-51(55,56)57/h4-20,29-31H,21-28H2,1-3H3. The van der Waals surface area contributed by atoms with Crippen molar-refractivity contribution in [2.24, 2.45) is 0 Å². The highest BCUT2D eigenvalue weighted by atomic mass is 19.4. The first kappa shape index (κ1) is 42.2. The van der Waals surface area contributed by atoms with Crippen molar-refractivity contribution in [2.45, 2.75) is 49.1 Å². The van der Waals surface area contributed by atoms with Crippen molar-refractivity contribution in [1.29, 1.82) is 0 Å². The summed E-state index contributed by atoms with van der Waals surface area (Å²) < 4.78 is 118. The second-order valence-electron chi connectivity index (χ2n) is 16.2. The SMILES string of the molecule is COc1ccc(C2(c3ccc(OC)cc3)C=Cc3c4c(c5cc(N6CCOCC6)c(OC)cc5c3O2)-c2ccc(-c3ccccc3)cc2C4(CCC(F)(F)F)CCC(F)(F)F)cc1. The number of fused-ring (bicyclic) bond motifs is 8. The Morgan fingerprint density at radius 3 is 1.81 bits per heavy atom.